The molecule has 17 heavy (non-hydrogen) atoms. The van der Waals surface area contributed by atoms with Crippen LogP contribution in [0.15, 0.2) is 0 Å². The second kappa shape index (κ2) is 7.89. The smallest absolute Gasteiger partial charge is 0.326 e. The van der Waals surface area contributed by atoms with Crippen LogP contribution in [0, 0.1) is 0 Å². The third-order valence-electron chi connectivity index (χ3n) is 2.33. The molecule has 0 saturated heterocycles. The van der Waals surface area contributed by atoms with Gasteiger partial charge in [-0.2, -0.15) is 0 Å². The maximum absolute atomic E-state index is 11.6. The van der Waals surface area contributed by atoms with Gasteiger partial charge in [-0.3, -0.25) is 0 Å². The van der Waals surface area contributed by atoms with Crippen LogP contribution in [0.5, 0.6) is 0 Å². The van der Waals surface area contributed by atoms with Crippen molar-refractivity contribution in [2.24, 2.45) is 0 Å². The van der Waals surface area contributed by atoms with Crippen LogP contribution < -0.4 is 5.32 Å². The first-order valence-electron chi connectivity index (χ1n) is 5.81. The first-order valence-corrected chi connectivity index (χ1v) is 5.81. The Morgan fingerprint density at radius 1 is 1.41 bits per heavy atom. The van der Waals surface area contributed by atoms with Gasteiger partial charge in [0, 0.05) is 13.6 Å². The van der Waals surface area contributed by atoms with Gasteiger partial charge in [0.15, 0.2) is 0 Å². The minimum absolute atomic E-state index is 0.173. The Bertz CT molecular complexity index is 256. The minimum atomic E-state index is -1.03. The number of unbranched alkanes of at least 4 members (excludes halogenated alkanes) is 1. The van der Waals surface area contributed by atoms with E-state index in [0.29, 0.717) is 6.42 Å². The molecule has 3 N–H and O–H groups in total. The largest absolute Gasteiger partial charge is 0.480 e. The van der Waals surface area contributed by atoms with Gasteiger partial charge < -0.3 is 20.4 Å². The van der Waals surface area contributed by atoms with Gasteiger partial charge in [-0.15, -0.1) is 0 Å². The zero-order chi connectivity index (χ0) is 13.4. The van der Waals surface area contributed by atoms with Gasteiger partial charge in [-0.25, -0.2) is 9.59 Å². The summed E-state index contributed by atoms with van der Waals surface area (Å²) in [5, 5.41) is 20.5. The van der Waals surface area contributed by atoms with Gasteiger partial charge in [0.05, 0.1) is 6.10 Å². The Morgan fingerprint density at radius 2 is 2.00 bits per heavy atom. The summed E-state index contributed by atoms with van der Waals surface area (Å²) < 4.78 is 0. The SMILES string of the molecule is CCCC[C@H](NC(=O)N(C)CC(C)O)C(=O)O. The summed E-state index contributed by atoms with van der Waals surface area (Å²) >= 11 is 0. The molecule has 2 atom stereocenters. The van der Waals surface area contributed by atoms with E-state index in [9.17, 15) is 9.59 Å². The van der Waals surface area contributed by atoms with Crippen molar-refractivity contribution in [1.29, 1.82) is 0 Å². The number of urea groups is 1. The van der Waals surface area contributed by atoms with Crippen molar-refractivity contribution < 1.29 is 19.8 Å². The molecule has 1 unspecified atom stereocenters. The molecule has 0 heterocycles. The first-order chi connectivity index (χ1) is 7.88. The second-order valence-electron chi connectivity index (χ2n) is 4.21. The molecule has 0 aliphatic heterocycles. The average molecular weight is 246 g/mol. The summed E-state index contributed by atoms with van der Waals surface area (Å²) in [6.45, 7) is 3.70. The number of carboxylic acid groups (broad SMARTS) is 1. The summed E-state index contributed by atoms with van der Waals surface area (Å²) in [5.74, 6) is -1.03. The number of nitrogens with zero attached hydrogens (tertiary/aromatic N) is 1. The summed E-state index contributed by atoms with van der Waals surface area (Å²) in [5.41, 5.74) is 0. The topological polar surface area (TPSA) is 89.9 Å². The minimum Gasteiger partial charge on any atom is -0.480 e. The third kappa shape index (κ3) is 6.78. The van der Waals surface area contributed by atoms with Crippen molar-refractivity contribution in [2.75, 3.05) is 13.6 Å². The number of hydrogen-bond donors (Lipinski definition) is 3. The van der Waals surface area contributed by atoms with Crippen molar-refractivity contribution in [3.8, 4) is 0 Å². The number of hydrogen-bond acceptors (Lipinski definition) is 3. The number of carbonyl (C=O) groups is 2. The van der Waals surface area contributed by atoms with E-state index in [1.165, 1.54) is 11.9 Å². The van der Waals surface area contributed by atoms with Crippen LogP contribution >= 0.6 is 0 Å². The maximum Gasteiger partial charge on any atom is 0.326 e. The summed E-state index contributed by atoms with van der Waals surface area (Å²) in [7, 11) is 1.51. The van der Waals surface area contributed by atoms with Crippen molar-refractivity contribution in [3.05, 3.63) is 0 Å². The first kappa shape index (κ1) is 15.7. The van der Waals surface area contributed by atoms with Gasteiger partial charge in [-0.05, 0) is 13.3 Å². The van der Waals surface area contributed by atoms with E-state index >= 15 is 0 Å². The monoisotopic (exact) mass is 246 g/mol. The van der Waals surface area contributed by atoms with Crippen LogP contribution in [0.4, 0.5) is 4.79 Å². The van der Waals surface area contributed by atoms with Crippen molar-refractivity contribution in [1.82, 2.24) is 10.2 Å². The fourth-order valence-corrected chi connectivity index (χ4v) is 1.40. The van der Waals surface area contributed by atoms with E-state index in [4.69, 9.17) is 10.2 Å². The van der Waals surface area contributed by atoms with Crippen LogP contribution in [0.3, 0.4) is 0 Å². The lowest BCUT2D eigenvalue weighted by atomic mass is 10.1. The fraction of sp³-hybridized carbons (Fsp3) is 0.818. The van der Waals surface area contributed by atoms with Crippen LogP contribution in [0.2, 0.25) is 0 Å². The molecule has 0 aromatic carbocycles. The number of carboxylic acids is 1. The zero-order valence-corrected chi connectivity index (χ0v) is 10.6. The van der Waals surface area contributed by atoms with Crippen molar-refractivity contribution in [2.45, 2.75) is 45.3 Å². The number of carbonyl (C=O) groups excluding carboxylic acids is 1. The highest BCUT2D eigenvalue weighted by Gasteiger charge is 2.21. The quantitative estimate of drug-likeness (QED) is 0.615. The van der Waals surface area contributed by atoms with Gasteiger partial charge in [0.1, 0.15) is 6.04 Å². The lowest BCUT2D eigenvalue weighted by Gasteiger charge is -2.22. The molecule has 0 radical (unpaired) electrons. The number of aliphatic hydroxyl groups excluding tert-OH is 1. The molecule has 0 fully saturated rings. The van der Waals surface area contributed by atoms with E-state index in [-0.39, 0.29) is 6.54 Å². The van der Waals surface area contributed by atoms with Crippen molar-refractivity contribution >= 4 is 12.0 Å². The Kier molecular flexibility index (Phi) is 7.29. The van der Waals surface area contributed by atoms with Crippen LogP contribution in [-0.4, -0.2) is 52.9 Å². The van der Waals surface area contributed by atoms with E-state index in [2.05, 4.69) is 5.32 Å². The maximum atomic E-state index is 11.6. The Balaban J connectivity index is 4.24. The van der Waals surface area contributed by atoms with Gasteiger partial charge in [0.25, 0.3) is 0 Å². The third-order valence-corrected chi connectivity index (χ3v) is 2.33. The van der Waals surface area contributed by atoms with Crippen LogP contribution in [0.25, 0.3) is 0 Å². The summed E-state index contributed by atoms with van der Waals surface area (Å²) in [6, 6.07) is -1.34. The molecule has 100 valence electrons. The Morgan fingerprint density at radius 3 is 2.41 bits per heavy atom. The van der Waals surface area contributed by atoms with Crippen LogP contribution in [-0.2, 0) is 4.79 Å². The second-order valence-corrected chi connectivity index (χ2v) is 4.21. The molecule has 0 spiro atoms. The number of aliphatic hydroxyl groups is 1. The lowest BCUT2D eigenvalue weighted by Crippen LogP contribution is -2.48. The van der Waals surface area contributed by atoms with Crippen molar-refractivity contribution in [3.63, 3.8) is 0 Å². The Hall–Kier alpha value is -1.30. The molecule has 0 aliphatic rings. The molecule has 0 aromatic rings. The highest BCUT2D eigenvalue weighted by atomic mass is 16.4. The molecule has 6 nitrogen and oxygen atoms in total. The fourth-order valence-electron chi connectivity index (χ4n) is 1.40. The standard InChI is InChI=1S/C11H22N2O4/c1-4-5-6-9(10(15)16)12-11(17)13(3)7-8(2)14/h8-9,14H,4-7H2,1-3H3,(H,12,17)(H,15,16)/t8?,9-/m0/s1. The van der Waals surface area contributed by atoms with Gasteiger partial charge in [-0.1, -0.05) is 19.8 Å². The number of rotatable bonds is 7. The number of likely N-dealkylation sites (N-methyl/N-ethyl adjacent to an activating group) is 1. The molecule has 2 amide bonds. The van der Waals surface area contributed by atoms with E-state index in [0.717, 1.165) is 12.8 Å². The predicted octanol–water partition coefficient (Wildman–Crippen LogP) is 0.652. The van der Waals surface area contributed by atoms with Gasteiger partial charge >= 0.3 is 12.0 Å². The normalized spacial score (nSPS) is 13.9. The highest BCUT2D eigenvalue weighted by molar-refractivity contribution is 5.82. The molecule has 6 heteroatoms. The molecular weight excluding hydrogens is 224 g/mol. The van der Waals surface area contributed by atoms with E-state index in [1.807, 2.05) is 6.92 Å². The van der Waals surface area contributed by atoms with E-state index in [1.54, 1.807) is 6.92 Å². The average Bonchev–Trinajstić information content (AvgIpc) is 2.22. The highest BCUT2D eigenvalue weighted by Crippen LogP contribution is 2.02. The lowest BCUT2D eigenvalue weighted by molar-refractivity contribution is -0.139. The molecule has 0 saturated carbocycles. The summed E-state index contributed by atoms with van der Waals surface area (Å²) in [4.78, 5) is 23.8. The predicted molar refractivity (Wildman–Crippen MR) is 63.8 cm³/mol. The molecule has 0 aromatic heterocycles. The summed E-state index contributed by atoms with van der Waals surface area (Å²) in [6.07, 6.45) is 1.41. The zero-order valence-electron chi connectivity index (χ0n) is 10.6. The number of amides is 2. The van der Waals surface area contributed by atoms with Crippen LogP contribution in [0.1, 0.15) is 33.1 Å². The molecular formula is C11H22N2O4. The molecule has 0 rings (SSSR count). The van der Waals surface area contributed by atoms with E-state index < -0.39 is 24.1 Å². The Labute approximate surface area is 102 Å². The number of aliphatic carboxylic acids is 1. The molecule has 0 aliphatic carbocycles. The molecule has 0 bridgehead atoms. The number of nitrogens with one attached hydrogen (secondary N) is 1. The van der Waals surface area contributed by atoms with Gasteiger partial charge in [0.2, 0.25) is 0 Å².